The van der Waals surface area contributed by atoms with Crippen molar-refractivity contribution >= 4 is 14.8 Å². The van der Waals surface area contributed by atoms with E-state index in [1.165, 1.54) is 0 Å². The van der Waals surface area contributed by atoms with Gasteiger partial charge in [0.25, 0.3) is 0 Å². The molecule has 0 rings (SSSR count). The molecule has 0 aliphatic heterocycles. The number of carboxylic acid groups (broad SMARTS) is 1. The highest BCUT2D eigenvalue weighted by Crippen LogP contribution is 2.21. The van der Waals surface area contributed by atoms with Crippen LogP contribution in [0.4, 0.5) is 0 Å². The van der Waals surface area contributed by atoms with Gasteiger partial charge in [0.1, 0.15) is 0 Å². The largest absolute Gasteiger partial charge is 0.500 e. The number of nitrogens with one attached hydrogen (secondary N) is 1. The van der Waals surface area contributed by atoms with Crippen LogP contribution in [-0.2, 0) is 22.9 Å². The average molecular weight is 366 g/mol. The molecule has 0 aromatic heterocycles. The fraction of sp³-hybridized carbons (Fsp3) is 0.938. The Balaban J connectivity index is 4.52. The van der Waals surface area contributed by atoms with Crippen LogP contribution in [0.1, 0.15) is 54.4 Å². The molecule has 0 aliphatic carbocycles. The van der Waals surface area contributed by atoms with Gasteiger partial charge < -0.3 is 23.2 Å². The van der Waals surface area contributed by atoms with E-state index in [0.29, 0.717) is 38.7 Å². The normalized spacial score (nSPS) is 13.9. The predicted molar refractivity (Wildman–Crippen MR) is 94.6 cm³/mol. The molecule has 0 fully saturated rings. The number of carboxylic acids is 1. The second-order valence-electron chi connectivity index (χ2n) is 6.57. The molecule has 0 aromatic carbocycles. The summed E-state index contributed by atoms with van der Waals surface area (Å²) < 4.78 is 17.3. The molecule has 144 valence electrons. The summed E-state index contributed by atoms with van der Waals surface area (Å²) in [5, 5.41) is 9.35. The number of hydroxylamine groups is 1. The van der Waals surface area contributed by atoms with E-state index in [1.54, 1.807) is 0 Å². The van der Waals surface area contributed by atoms with E-state index in [2.05, 4.69) is 5.48 Å². The molecule has 2 N–H and O–H groups in total. The Morgan fingerprint density at radius 2 is 1.58 bits per heavy atom. The van der Waals surface area contributed by atoms with Crippen LogP contribution in [-0.4, -0.2) is 51.8 Å². The fourth-order valence-corrected chi connectivity index (χ4v) is 4.84. The van der Waals surface area contributed by atoms with Crippen LogP contribution in [0.15, 0.2) is 0 Å². The van der Waals surface area contributed by atoms with Crippen molar-refractivity contribution in [2.75, 3.05) is 26.4 Å². The smallest absolute Gasteiger partial charge is 0.481 e. The highest BCUT2D eigenvalue weighted by molar-refractivity contribution is 6.60. The van der Waals surface area contributed by atoms with E-state index >= 15 is 0 Å². The van der Waals surface area contributed by atoms with E-state index in [-0.39, 0.29) is 12.1 Å². The van der Waals surface area contributed by atoms with Crippen molar-refractivity contribution in [2.45, 2.75) is 66.0 Å². The Bertz CT molecular complexity index is 331. The molecule has 0 saturated carbocycles. The number of hydrogen-bond donors (Lipinski definition) is 2. The summed E-state index contributed by atoms with van der Waals surface area (Å²) in [6.07, 6.45) is 1.14. The van der Waals surface area contributed by atoms with Crippen molar-refractivity contribution in [1.29, 1.82) is 0 Å². The quantitative estimate of drug-likeness (QED) is 0.361. The third-order valence-electron chi connectivity index (χ3n) is 3.14. The Labute approximate surface area is 147 Å². The first kappa shape index (κ1) is 23.5. The van der Waals surface area contributed by atoms with Crippen molar-refractivity contribution in [3.05, 3.63) is 0 Å². The minimum absolute atomic E-state index is 0.124. The van der Waals surface area contributed by atoms with Gasteiger partial charge in [-0.05, 0) is 54.4 Å². The maximum atomic E-state index is 11.4. The molecule has 0 amide bonds. The molecule has 0 aliphatic rings. The first-order chi connectivity index (χ1) is 11.2. The van der Waals surface area contributed by atoms with Crippen molar-refractivity contribution in [2.24, 2.45) is 5.92 Å². The second-order valence-corrected chi connectivity index (χ2v) is 9.30. The van der Waals surface area contributed by atoms with Crippen LogP contribution < -0.4 is 5.48 Å². The van der Waals surface area contributed by atoms with Crippen molar-refractivity contribution in [3.8, 4) is 0 Å². The van der Waals surface area contributed by atoms with Crippen molar-refractivity contribution < 1.29 is 28.0 Å². The predicted octanol–water partition coefficient (Wildman–Crippen LogP) is 2.84. The van der Waals surface area contributed by atoms with Crippen LogP contribution >= 0.6 is 0 Å². The first-order valence-corrected chi connectivity index (χ1v) is 10.7. The molecule has 1 unspecified atom stereocenters. The molecule has 0 radical (unpaired) electrons. The molecule has 1 atom stereocenters. The Kier molecular flexibility index (Phi) is 11.7. The van der Waals surface area contributed by atoms with Gasteiger partial charge in [0.05, 0.1) is 12.5 Å². The zero-order valence-electron chi connectivity index (χ0n) is 16.0. The van der Waals surface area contributed by atoms with Crippen LogP contribution in [0.5, 0.6) is 0 Å². The van der Waals surface area contributed by atoms with E-state index in [0.717, 1.165) is 0 Å². The lowest BCUT2D eigenvalue weighted by Gasteiger charge is -2.28. The lowest BCUT2D eigenvalue weighted by atomic mass is 10.1. The Morgan fingerprint density at radius 1 is 1.08 bits per heavy atom. The van der Waals surface area contributed by atoms with E-state index in [9.17, 15) is 9.90 Å². The van der Waals surface area contributed by atoms with Crippen LogP contribution in [0.3, 0.4) is 0 Å². The van der Waals surface area contributed by atoms with Crippen LogP contribution in [0.25, 0.3) is 0 Å². The standard InChI is InChI=1S/C16H35NO6Si/c1-7-21-24(22-8-2,23-9-3)12-10-11-14(15(18)19)13-20-17-16(4,5)6/h14,17H,7-13H2,1-6H3,(H,18,19). The van der Waals surface area contributed by atoms with Gasteiger partial charge in [-0.15, -0.1) is 0 Å². The van der Waals surface area contributed by atoms with E-state index in [4.69, 9.17) is 18.1 Å². The third-order valence-corrected chi connectivity index (χ3v) is 6.29. The van der Waals surface area contributed by atoms with Gasteiger partial charge in [0.2, 0.25) is 0 Å². The highest BCUT2D eigenvalue weighted by atomic mass is 28.4. The summed E-state index contributed by atoms with van der Waals surface area (Å²) in [4.78, 5) is 16.7. The minimum Gasteiger partial charge on any atom is -0.481 e. The molecule has 0 spiro atoms. The van der Waals surface area contributed by atoms with Gasteiger partial charge in [-0.25, -0.2) is 0 Å². The summed E-state index contributed by atoms with van der Waals surface area (Å²) in [6.45, 7) is 13.3. The molecule has 0 bridgehead atoms. The minimum atomic E-state index is -2.71. The lowest BCUT2D eigenvalue weighted by molar-refractivity contribution is -0.146. The number of rotatable bonds is 14. The van der Waals surface area contributed by atoms with Gasteiger partial charge in [-0.1, -0.05) is 0 Å². The van der Waals surface area contributed by atoms with Crippen molar-refractivity contribution in [3.63, 3.8) is 0 Å². The summed E-state index contributed by atoms with van der Waals surface area (Å²) in [7, 11) is -2.71. The molecule has 24 heavy (non-hydrogen) atoms. The molecule has 0 aromatic rings. The third kappa shape index (κ3) is 10.4. The average Bonchev–Trinajstić information content (AvgIpc) is 2.45. The SMILES string of the molecule is CCO[Si](CCCC(CONC(C)(C)C)C(=O)O)(OCC)OCC. The van der Waals surface area contributed by atoms with Gasteiger partial charge in [-0.3, -0.25) is 4.79 Å². The summed E-state index contributed by atoms with van der Waals surface area (Å²) >= 11 is 0. The zero-order valence-corrected chi connectivity index (χ0v) is 17.0. The Morgan fingerprint density at radius 3 is 1.96 bits per heavy atom. The molecular weight excluding hydrogens is 330 g/mol. The highest BCUT2D eigenvalue weighted by Gasteiger charge is 2.40. The first-order valence-electron chi connectivity index (χ1n) is 8.73. The van der Waals surface area contributed by atoms with Gasteiger partial charge in [0, 0.05) is 31.4 Å². The number of carbonyl (C=O) groups is 1. The second kappa shape index (κ2) is 11.9. The molecular formula is C16H35NO6Si. The maximum absolute atomic E-state index is 11.4. The van der Waals surface area contributed by atoms with Crippen molar-refractivity contribution in [1.82, 2.24) is 5.48 Å². The van der Waals surface area contributed by atoms with E-state index in [1.807, 2.05) is 41.5 Å². The fourth-order valence-electron chi connectivity index (χ4n) is 2.20. The van der Waals surface area contributed by atoms with Crippen LogP contribution in [0, 0.1) is 5.92 Å². The Hall–Kier alpha value is -0.513. The van der Waals surface area contributed by atoms with Gasteiger partial charge in [-0.2, -0.15) is 5.48 Å². The number of aliphatic carboxylic acids is 1. The van der Waals surface area contributed by atoms with Crippen LogP contribution in [0.2, 0.25) is 6.04 Å². The summed E-state index contributed by atoms with van der Waals surface area (Å²) in [6, 6.07) is 0.610. The number of hydrogen-bond acceptors (Lipinski definition) is 6. The topological polar surface area (TPSA) is 86.3 Å². The van der Waals surface area contributed by atoms with Gasteiger partial charge >= 0.3 is 14.8 Å². The molecule has 0 heterocycles. The molecule has 0 saturated heterocycles. The molecule has 7 nitrogen and oxygen atoms in total. The molecule has 8 heteroatoms. The van der Waals surface area contributed by atoms with E-state index < -0.39 is 20.7 Å². The zero-order chi connectivity index (χ0) is 18.6. The monoisotopic (exact) mass is 365 g/mol. The summed E-state index contributed by atoms with van der Waals surface area (Å²) in [5.74, 6) is -1.43. The lowest BCUT2D eigenvalue weighted by Crippen LogP contribution is -2.46. The summed E-state index contributed by atoms with van der Waals surface area (Å²) in [5.41, 5.74) is 2.63. The maximum Gasteiger partial charge on any atom is 0.500 e. The van der Waals surface area contributed by atoms with Gasteiger partial charge in [0.15, 0.2) is 0 Å².